The molecule has 0 saturated carbocycles. The van der Waals surface area contributed by atoms with E-state index in [1.165, 1.54) is 6.92 Å². The third-order valence-corrected chi connectivity index (χ3v) is 4.97. The first-order chi connectivity index (χ1) is 15.2. The van der Waals surface area contributed by atoms with Gasteiger partial charge < -0.3 is 10.1 Å². The maximum atomic E-state index is 12.0. The van der Waals surface area contributed by atoms with Crippen LogP contribution in [0.15, 0.2) is 48.5 Å². The highest BCUT2D eigenvalue weighted by Crippen LogP contribution is 2.37. The van der Waals surface area contributed by atoms with Crippen LogP contribution in [0, 0.1) is 18.8 Å². The Bertz CT molecular complexity index is 1110. The molecule has 0 aliphatic heterocycles. The van der Waals surface area contributed by atoms with E-state index < -0.39 is 5.97 Å². The van der Waals surface area contributed by atoms with Gasteiger partial charge in [-0.3, -0.25) is 9.59 Å². The maximum absolute atomic E-state index is 12.0. The standard InChI is InChI=1S/C26H31N3O3/c1-16(2)14-23-24(20-10-12-21(13-11-20)27-25(31)17(3)4)26(32-19(6)30)29(28-23)22-9-7-8-18(5)15-22/h7-13,15-17H,14H2,1-6H3,(H,27,31). The summed E-state index contributed by atoms with van der Waals surface area (Å²) in [4.78, 5) is 24.0. The van der Waals surface area contributed by atoms with Gasteiger partial charge >= 0.3 is 5.97 Å². The summed E-state index contributed by atoms with van der Waals surface area (Å²) in [6.45, 7) is 11.4. The summed E-state index contributed by atoms with van der Waals surface area (Å²) in [6, 6.07) is 15.5. The lowest BCUT2D eigenvalue weighted by Gasteiger charge is -2.11. The number of nitrogens with one attached hydrogen (secondary N) is 1. The Kier molecular flexibility index (Phi) is 7.13. The molecule has 0 aliphatic rings. The summed E-state index contributed by atoms with van der Waals surface area (Å²) in [7, 11) is 0. The summed E-state index contributed by atoms with van der Waals surface area (Å²) in [6.07, 6.45) is 0.730. The van der Waals surface area contributed by atoms with Crippen LogP contribution in [0.1, 0.15) is 45.9 Å². The van der Waals surface area contributed by atoms with E-state index in [4.69, 9.17) is 9.84 Å². The zero-order valence-electron chi connectivity index (χ0n) is 19.6. The van der Waals surface area contributed by atoms with Gasteiger partial charge in [0, 0.05) is 18.5 Å². The zero-order valence-corrected chi connectivity index (χ0v) is 19.6. The van der Waals surface area contributed by atoms with Crippen molar-refractivity contribution in [2.75, 3.05) is 5.32 Å². The van der Waals surface area contributed by atoms with E-state index in [-0.39, 0.29) is 11.8 Å². The molecule has 0 aliphatic carbocycles. The molecule has 1 N–H and O–H groups in total. The van der Waals surface area contributed by atoms with Gasteiger partial charge in [-0.1, -0.05) is 52.0 Å². The molecule has 0 radical (unpaired) electrons. The molecular formula is C26H31N3O3. The fourth-order valence-corrected chi connectivity index (χ4v) is 3.44. The van der Waals surface area contributed by atoms with Gasteiger partial charge in [0.05, 0.1) is 16.9 Å². The molecule has 0 saturated heterocycles. The highest BCUT2D eigenvalue weighted by Gasteiger charge is 2.24. The molecule has 1 aromatic heterocycles. The number of rotatable bonds is 7. The summed E-state index contributed by atoms with van der Waals surface area (Å²) < 4.78 is 7.41. The topological polar surface area (TPSA) is 73.2 Å². The lowest BCUT2D eigenvalue weighted by atomic mass is 9.99. The first-order valence-electron chi connectivity index (χ1n) is 10.9. The highest BCUT2D eigenvalue weighted by molar-refractivity contribution is 5.92. The Labute approximate surface area is 189 Å². The molecule has 3 rings (SSSR count). The van der Waals surface area contributed by atoms with Gasteiger partial charge in [-0.25, -0.2) is 0 Å². The van der Waals surface area contributed by atoms with Crippen molar-refractivity contribution in [2.24, 2.45) is 11.8 Å². The first-order valence-corrected chi connectivity index (χ1v) is 10.9. The predicted molar refractivity (Wildman–Crippen MR) is 127 cm³/mol. The fourth-order valence-electron chi connectivity index (χ4n) is 3.44. The first kappa shape index (κ1) is 23.3. The smallest absolute Gasteiger partial charge is 0.309 e. The van der Waals surface area contributed by atoms with Crippen LogP contribution in [0.25, 0.3) is 16.8 Å². The summed E-state index contributed by atoms with van der Waals surface area (Å²) in [5.74, 6) is 0.223. The Hall–Kier alpha value is -3.41. The van der Waals surface area contributed by atoms with Gasteiger partial charge in [-0.2, -0.15) is 9.78 Å². The number of nitrogens with zero attached hydrogens (tertiary/aromatic N) is 2. The number of amides is 1. The monoisotopic (exact) mass is 433 g/mol. The number of ether oxygens (including phenoxy) is 1. The molecule has 0 unspecified atom stereocenters. The van der Waals surface area contributed by atoms with Crippen molar-refractivity contribution >= 4 is 17.6 Å². The van der Waals surface area contributed by atoms with E-state index in [9.17, 15) is 9.59 Å². The Morgan fingerprint density at radius 1 is 1.06 bits per heavy atom. The number of esters is 1. The number of aromatic nitrogens is 2. The minimum Gasteiger partial charge on any atom is -0.407 e. The Morgan fingerprint density at radius 3 is 2.31 bits per heavy atom. The van der Waals surface area contributed by atoms with Gasteiger partial charge in [0.25, 0.3) is 0 Å². The van der Waals surface area contributed by atoms with E-state index in [0.717, 1.165) is 40.2 Å². The van der Waals surface area contributed by atoms with Gasteiger partial charge in [-0.05, 0) is 54.7 Å². The molecule has 1 amide bonds. The SMILES string of the molecule is CC(=O)Oc1c(-c2ccc(NC(=O)C(C)C)cc2)c(CC(C)C)nn1-c1cccc(C)c1. The average molecular weight is 434 g/mol. The van der Waals surface area contributed by atoms with E-state index >= 15 is 0 Å². The molecule has 32 heavy (non-hydrogen) atoms. The highest BCUT2D eigenvalue weighted by atomic mass is 16.5. The van der Waals surface area contributed by atoms with E-state index in [1.807, 2.05) is 69.3 Å². The number of anilines is 1. The van der Waals surface area contributed by atoms with Gasteiger partial charge in [-0.15, -0.1) is 0 Å². The van der Waals surface area contributed by atoms with Crippen molar-refractivity contribution in [3.05, 3.63) is 59.8 Å². The second kappa shape index (κ2) is 9.81. The molecule has 0 atom stereocenters. The van der Waals surface area contributed by atoms with Crippen LogP contribution in [-0.4, -0.2) is 21.7 Å². The number of hydrogen-bond donors (Lipinski definition) is 1. The number of carbonyl (C=O) groups is 2. The van der Waals surface area contributed by atoms with Crippen LogP contribution in [0.2, 0.25) is 0 Å². The molecule has 0 spiro atoms. The third kappa shape index (κ3) is 5.44. The second-order valence-corrected chi connectivity index (χ2v) is 8.79. The normalized spacial score (nSPS) is 11.1. The molecule has 6 heteroatoms. The molecule has 168 valence electrons. The molecule has 0 fully saturated rings. The van der Waals surface area contributed by atoms with Crippen molar-refractivity contribution in [1.29, 1.82) is 0 Å². The summed E-state index contributed by atoms with van der Waals surface area (Å²) in [5, 5.41) is 7.76. The minimum atomic E-state index is -0.406. The largest absolute Gasteiger partial charge is 0.407 e. The van der Waals surface area contributed by atoms with Crippen LogP contribution < -0.4 is 10.1 Å². The predicted octanol–water partition coefficient (Wildman–Crippen LogP) is 5.57. The average Bonchev–Trinajstić information content (AvgIpc) is 3.05. The fraction of sp³-hybridized carbons (Fsp3) is 0.346. The van der Waals surface area contributed by atoms with Crippen LogP contribution in [0.5, 0.6) is 5.88 Å². The van der Waals surface area contributed by atoms with Gasteiger partial charge in [0.1, 0.15) is 0 Å². The van der Waals surface area contributed by atoms with Crippen molar-refractivity contribution in [1.82, 2.24) is 9.78 Å². The van der Waals surface area contributed by atoms with E-state index in [1.54, 1.807) is 4.68 Å². The van der Waals surface area contributed by atoms with Crippen molar-refractivity contribution < 1.29 is 14.3 Å². The van der Waals surface area contributed by atoms with Crippen molar-refractivity contribution in [2.45, 2.75) is 48.0 Å². The molecule has 6 nitrogen and oxygen atoms in total. The Morgan fingerprint density at radius 2 is 1.75 bits per heavy atom. The van der Waals surface area contributed by atoms with Crippen molar-refractivity contribution in [3.63, 3.8) is 0 Å². The van der Waals surface area contributed by atoms with Crippen LogP contribution in [-0.2, 0) is 16.0 Å². The van der Waals surface area contributed by atoms with Crippen LogP contribution in [0.4, 0.5) is 5.69 Å². The number of carbonyl (C=O) groups excluding carboxylic acids is 2. The quantitative estimate of drug-likeness (QED) is 0.495. The number of benzene rings is 2. The lowest BCUT2D eigenvalue weighted by molar-refractivity contribution is -0.132. The molecule has 2 aromatic carbocycles. The van der Waals surface area contributed by atoms with Gasteiger partial charge in [0.2, 0.25) is 11.8 Å². The number of aryl methyl sites for hydroxylation is 1. The molecule has 3 aromatic rings. The van der Waals surface area contributed by atoms with Gasteiger partial charge in [0.15, 0.2) is 0 Å². The molecular weight excluding hydrogens is 402 g/mol. The molecule has 0 bridgehead atoms. The number of hydrogen-bond acceptors (Lipinski definition) is 4. The Balaban J connectivity index is 2.14. The van der Waals surface area contributed by atoms with Crippen LogP contribution in [0.3, 0.4) is 0 Å². The van der Waals surface area contributed by atoms with Crippen molar-refractivity contribution in [3.8, 4) is 22.7 Å². The summed E-state index contributed by atoms with van der Waals surface area (Å²) in [5.41, 5.74) is 5.16. The van der Waals surface area contributed by atoms with Crippen LogP contribution >= 0.6 is 0 Å². The lowest BCUT2D eigenvalue weighted by Crippen LogP contribution is -2.17. The third-order valence-electron chi connectivity index (χ3n) is 4.97. The second-order valence-electron chi connectivity index (χ2n) is 8.79. The van der Waals surface area contributed by atoms with E-state index in [0.29, 0.717) is 11.8 Å². The maximum Gasteiger partial charge on any atom is 0.309 e. The minimum absolute atomic E-state index is 0.0360. The van der Waals surface area contributed by atoms with E-state index in [2.05, 4.69) is 19.2 Å². The zero-order chi connectivity index (χ0) is 23.4. The molecule has 1 heterocycles. The summed E-state index contributed by atoms with van der Waals surface area (Å²) >= 11 is 0.